The van der Waals surface area contributed by atoms with Crippen LogP contribution in [0.25, 0.3) is 55.3 Å². The Labute approximate surface area is 353 Å². The molecular formula is C58H41NSi. The molecule has 0 unspecified atom stereocenters. The zero-order chi connectivity index (χ0) is 39.9. The fraction of sp³-hybridized carbons (Fsp3) is 0. The lowest BCUT2D eigenvalue weighted by atomic mass is 9.97. The predicted octanol–water partition coefficient (Wildman–Crippen LogP) is 12.7. The Bertz CT molecular complexity index is 3060. The van der Waals surface area contributed by atoms with Crippen molar-refractivity contribution in [1.29, 1.82) is 0 Å². The van der Waals surface area contributed by atoms with Gasteiger partial charge in [-0.2, -0.15) is 0 Å². The highest BCUT2D eigenvalue weighted by molar-refractivity contribution is 7.22. The van der Waals surface area contributed by atoms with Crippen molar-refractivity contribution in [2.45, 2.75) is 0 Å². The van der Waals surface area contributed by atoms with Gasteiger partial charge in [0.25, 0.3) is 0 Å². The van der Waals surface area contributed by atoms with Crippen molar-refractivity contribution < 1.29 is 0 Å². The molecule has 11 rings (SSSR count). The van der Waals surface area contributed by atoms with Gasteiger partial charge in [-0.15, -0.1) is 0 Å². The number of benzene rings is 10. The Balaban J connectivity index is 0.992. The van der Waals surface area contributed by atoms with Crippen LogP contribution in [0.5, 0.6) is 0 Å². The predicted molar refractivity (Wildman–Crippen MR) is 258 cm³/mol. The molecule has 1 aliphatic rings. The maximum absolute atomic E-state index is 2.52. The maximum atomic E-state index is 2.44. The SMILES string of the molecule is c1ccc(-c2ccc(N(c3ccc(-c4ccc5c(c4)-c4ccccc4[Si]5(c4ccccc4)c4ccccc4)cc3)c3ccc(-c4cccc5ccccc45)cc3)cc2)cc1. The van der Waals surface area contributed by atoms with Gasteiger partial charge in [0.2, 0.25) is 0 Å². The van der Waals surface area contributed by atoms with Crippen molar-refractivity contribution in [3.8, 4) is 44.5 Å². The average molecular weight is 780 g/mol. The first-order valence-electron chi connectivity index (χ1n) is 20.8. The van der Waals surface area contributed by atoms with Gasteiger partial charge in [0.05, 0.1) is 0 Å². The van der Waals surface area contributed by atoms with E-state index in [9.17, 15) is 0 Å². The lowest BCUT2D eigenvalue weighted by Crippen LogP contribution is -2.72. The summed E-state index contributed by atoms with van der Waals surface area (Å²) in [5.41, 5.74) is 13.3. The van der Waals surface area contributed by atoms with Crippen LogP contribution >= 0.6 is 0 Å². The van der Waals surface area contributed by atoms with Gasteiger partial charge in [0.1, 0.15) is 0 Å². The summed E-state index contributed by atoms with van der Waals surface area (Å²) in [6, 6.07) is 91.6. The van der Waals surface area contributed by atoms with Gasteiger partial charge in [-0.25, -0.2) is 0 Å². The van der Waals surface area contributed by atoms with Crippen LogP contribution in [-0.4, -0.2) is 8.07 Å². The number of hydrogen-bond acceptors (Lipinski definition) is 1. The summed E-state index contributed by atoms with van der Waals surface area (Å²) in [5, 5.41) is 8.27. The van der Waals surface area contributed by atoms with Gasteiger partial charge in [0.15, 0.2) is 8.07 Å². The topological polar surface area (TPSA) is 3.24 Å². The first-order valence-corrected chi connectivity index (χ1v) is 22.8. The summed E-state index contributed by atoms with van der Waals surface area (Å²) >= 11 is 0. The smallest absolute Gasteiger partial charge is 0.180 e. The number of nitrogens with zero attached hydrogens (tertiary/aromatic N) is 1. The summed E-state index contributed by atoms with van der Waals surface area (Å²) in [5.74, 6) is 0. The molecular weight excluding hydrogens is 739 g/mol. The molecule has 0 saturated carbocycles. The second kappa shape index (κ2) is 15.0. The standard InChI is InChI=1S/C58H41NSi/c1-4-15-42(16-5-1)43-27-34-48(35-28-43)59(50-38-31-46(32-39-50)54-25-14-18-45-17-10-11-23-53(45)54)49-36-29-44(30-37-49)47-33-40-58-56(41-47)55-24-12-13-26-57(55)60(58,51-19-6-2-7-20-51)52-21-8-3-9-22-52/h1-41H. The molecule has 0 aliphatic carbocycles. The van der Waals surface area contributed by atoms with Gasteiger partial charge in [0, 0.05) is 17.1 Å². The van der Waals surface area contributed by atoms with Crippen molar-refractivity contribution in [1.82, 2.24) is 0 Å². The summed E-state index contributed by atoms with van der Waals surface area (Å²) in [6.45, 7) is 0. The number of fused-ring (bicyclic) bond motifs is 4. The first-order chi connectivity index (χ1) is 29.8. The molecule has 0 radical (unpaired) electrons. The largest absolute Gasteiger partial charge is 0.311 e. The van der Waals surface area contributed by atoms with Crippen molar-refractivity contribution in [2.24, 2.45) is 0 Å². The fourth-order valence-corrected chi connectivity index (χ4v) is 14.7. The number of rotatable bonds is 8. The molecule has 60 heavy (non-hydrogen) atoms. The highest BCUT2D eigenvalue weighted by Gasteiger charge is 2.48. The van der Waals surface area contributed by atoms with E-state index in [-0.39, 0.29) is 0 Å². The van der Waals surface area contributed by atoms with E-state index >= 15 is 0 Å². The normalized spacial score (nSPS) is 12.5. The minimum Gasteiger partial charge on any atom is -0.311 e. The third kappa shape index (κ3) is 6.00. The zero-order valence-electron chi connectivity index (χ0n) is 33.1. The van der Waals surface area contributed by atoms with Gasteiger partial charge >= 0.3 is 0 Å². The minimum atomic E-state index is -2.52. The van der Waals surface area contributed by atoms with Crippen LogP contribution in [0.3, 0.4) is 0 Å². The average Bonchev–Trinajstić information content (AvgIpc) is 3.63. The molecule has 0 spiro atoms. The summed E-state index contributed by atoms with van der Waals surface area (Å²) < 4.78 is 0. The summed E-state index contributed by atoms with van der Waals surface area (Å²) in [7, 11) is -2.52. The van der Waals surface area contributed by atoms with Crippen molar-refractivity contribution >= 4 is 56.7 Å². The van der Waals surface area contributed by atoms with Crippen LogP contribution in [0, 0.1) is 0 Å². The van der Waals surface area contributed by atoms with Crippen LogP contribution < -0.4 is 25.6 Å². The van der Waals surface area contributed by atoms with Crippen molar-refractivity contribution in [2.75, 3.05) is 4.90 Å². The van der Waals surface area contributed by atoms with E-state index in [1.165, 1.54) is 76.0 Å². The number of hydrogen-bond donors (Lipinski definition) is 0. The molecule has 0 amide bonds. The van der Waals surface area contributed by atoms with Crippen LogP contribution in [0.1, 0.15) is 0 Å². The molecule has 10 aromatic carbocycles. The van der Waals surface area contributed by atoms with E-state index in [2.05, 4.69) is 254 Å². The van der Waals surface area contributed by atoms with Crippen LogP contribution in [0.15, 0.2) is 249 Å². The van der Waals surface area contributed by atoms with Crippen molar-refractivity contribution in [3.05, 3.63) is 249 Å². The highest BCUT2D eigenvalue weighted by Crippen LogP contribution is 2.39. The molecule has 0 N–H and O–H groups in total. The Morgan fingerprint density at radius 1 is 0.267 bits per heavy atom. The Hall–Kier alpha value is -7.52. The molecule has 282 valence electrons. The van der Waals surface area contributed by atoms with Gasteiger partial charge < -0.3 is 4.90 Å². The van der Waals surface area contributed by atoms with E-state index in [0.717, 1.165) is 17.1 Å². The quantitative estimate of drug-likeness (QED) is 0.139. The lowest BCUT2D eigenvalue weighted by molar-refractivity contribution is 1.28. The highest BCUT2D eigenvalue weighted by atomic mass is 28.3. The summed E-state index contributed by atoms with van der Waals surface area (Å²) in [4.78, 5) is 2.37. The Morgan fingerprint density at radius 2 is 0.700 bits per heavy atom. The van der Waals surface area contributed by atoms with Crippen molar-refractivity contribution in [3.63, 3.8) is 0 Å². The number of anilines is 3. The van der Waals surface area contributed by atoms with Crippen LogP contribution in [-0.2, 0) is 0 Å². The lowest BCUT2D eigenvalue weighted by Gasteiger charge is -2.31. The van der Waals surface area contributed by atoms with E-state index in [0.29, 0.717) is 0 Å². The van der Waals surface area contributed by atoms with Gasteiger partial charge in [-0.3, -0.25) is 0 Å². The van der Waals surface area contributed by atoms with E-state index < -0.39 is 8.07 Å². The molecule has 0 saturated heterocycles. The molecule has 1 nitrogen and oxygen atoms in total. The third-order valence-electron chi connectivity index (χ3n) is 12.4. The molecule has 0 atom stereocenters. The second-order valence-corrected chi connectivity index (χ2v) is 19.4. The molecule has 0 fully saturated rings. The molecule has 2 heteroatoms. The summed E-state index contributed by atoms with van der Waals surface area (Å²) in [6.07, 6.45) is 0. The molecule has 0 aromatic heterocycles. The van der Waals surface area contributed by atoms with E-state index in [1.807, 2.05) is 0 Å². The first kappa shape index (κ1) is 35.6. The second-order valence-electron chi connectivity index (χ2n) is 15.7. The fourth-order valence-electron chi connectivity index (χ4n) is 9.58. The monoisotopic (exact) mass is 779 g/mol. The zero-order valence-corrected chi connectivity index (χ0v) is 34.1. The minimum absolute atomic E-state index is 1.11. The molecule has 0 bridgehead atoms. The molecule has 10 aromatic rings. The maximum Gasteiger partial charge on any atom is 0.180 e. The van der Waals surface area contributed by atoms with Gasteiger partial charge in [-0.05, 0) is 118 Å². The van der Waals surface area contributed by atoms with E-state index in [4.69, 9.17) is 0 Å². The Kier molecular flexibility index (Phi) is 8.91. The van der Waals surface area contributed by atoms with E-state index in [1.54, 1.807) is 0 Å². The third-order valence-corrected chi connectivity index (χ3v) is 17.3. The Morgan fingerprint density at radius 3 is 1.33 bits per heavy atom. The van der Waals surface area contributed by atoms with Crippen LogP contribution in [0.2, 0.25) is 0 Å². The van der Waals surface area contributed by atoms with Crippen LogP contribution in [0.4, 0.5) is 17.1 Å². The van der Waals surface area contributed by atoms with Gasteiger partial charge in [-0.1, -0.05) is 206 Å². The molecule has 1 aliphatic heterocycles. The molecule has 1 heterocycles.